The van der Waals surface area contributed by atoms with Gasteiger partial charge in [-0.05, 0) is 50.4 Å². The van der Waals surface area contributed by atoms with Gasteiger partial charge in [-0.3, -0.25) is 0 Å². The zero-order chi connectivity index (χ0) is 27.9. The minimum Gasteiger partial charge on any atom is -0.475 e. The molecule has 1 N–H and O–H groups in total. The number of hydrogen-bond acceptors (Lipinski definition) is 7. The highest BCUT2D eigenvalue weighted by atomic mass is 19.4. The van der Waals surface area contributed by atoms with Gasteiger partial charge in [-0.15, -0.1) is 0 Å². The molecule has 0 bridgehead atoms. The summed E-state index contributed by atoms with van der Waals surface area (Å²) >= 11 is 0. The molecule has 4 heterocycles. The molecule has 3 aliphatic heterocycles. The van der Waals surface area contributed by atoms with E-state index in [1.807, 2.05) is 4.90 Å². The first kappa shape index (κ1) is 26.7. The van der Waals surface area contributed by atoms with Crippen molar-refractivity contribution in [2.24, 2.45) is 0 Å². The first-order valence-electron chi connectivity index (χ1n) is 13.9. The van der Waals surface area contributed by atoms with E-state index in [0.717, 1.165) is 68.6 Å². The zero-order valence-electron chi connectivity index (χ0n) is 22.6. The van der Waals surface area contributed by atoms with Crippen LogP contribution in [0.5, 0.6) is 5.88 Å². The van der Waals surface area contributed by atoms with E-state index >= 15 is 0 Å². The van der Waals surface area contributed by atoms with E-state index in [9.17, 15) is 18.4 Å². The molecule has 210 valence electrons. The van der Waals surface area contributed by atoms with E-state index in [2.05, 4.69) is 28.2 Å². The van der Waals surface area contributed by atoms with Crippen LogP contribution < -0.4 is 19.9 Å². The lowest BCUT2D eigenvalue weighted by atomic mass is 9.94. The number of likely N-dealkylation sites (tertiary alicyclic amines) is 1. The van der Waals surface area contributed by atoms with Crippen LogP contribution in [0.15, 0.2) is 36.4 Å². The van der Waals surface area contributed by atoms with Crippen LogP contribution in [0.2, 0.25) is 0 Å². The van der Waals surface area contributed by atoms with Crippen molar-refractivity contribution in [3.05, 3.63) is 58.7 Å². The molecule has 7 nitrogen and oxygen atoms in total. The van der Waals surface area contributed by atoms with Crippen LogP contribution >= 0.6 is 0 Å². The average Bonchev–Trinajstić information content (AvgIpc) is 3.38. The van der Waals surface area contributed by atoms with Crippen molar-refractivity contribution in [1.82, 2.24) is 15.2 Å². The Labute approximate surface area is 232 Å². The molecule has 0 spiro atoms. The molecule has 1 atom stereocenters. The smallest absolute Gasteiger partial charge is 0.417 e. The van der Waals surface area contributed by atoms with Gasteiger partial charge in [0.1, 0.15) is 24.1 Å². The number of nitrogens with one attached hydrogen (secondary N) is 1. The third kappa shape index (κ3) is 4.93. The maximum Gasteiger partial charge on any atom is 0.417 e. The number of ether oxygens (including phenoxy) is 1. The van der Waals surface area contributed by atoms with Crippen molar-refractivity contribution in [3.63, 3.8) is 0 Å². The fourth-order valence-electron chi connectivity index (χ4n) is 6.34. The molecule has 10 heteroatoms. The molecule has 2 saturated heterocycles. The van der Waals surface area contributed by atoms with Gasteiger partial charge in [-0.2, -0.15) is 23.4 Å². The molecule has 3 aromatic rings. The predicted molar refractivity (Wildman–Crippen MR) is 149 cm³/mol. The molecule has 2 aromatic carbocycles. The Balaban J connectivity index is 1.43. The highest BCUT2D eigenvalue weighted by Gasteiger charge is 2.35. The molecule has 0 aliphatic carbocycles. The summed E-state index contributed by atoms with van der Waals surface area (Å²) < 4.78 is 48.5. The number of nitriles is 1. The Hall–Kier alpha value is -3.55. The second-order valence-corrected chi connectivity index (χ2v) is 10.9. The van der Waals surface area contributed by atoms with Gasteiger partial charge in [0, 0.05) is 67.5 Å². The number of pyridine rings is 1. The first-order valence-corrected chi connectivity index (χ1v) is 13.9. The predicted octanol–water partition coefficient (Wildman–Crippen LogP) is 4.57. The number of rotatable bonds is 5. The van der Waals surface area contributed by atoms with E-state index in [1.165, 1.54) is 6.07 Å². The number of halogens is 3. The topological polar surface area (TPSA) is 67.7 Å². The van der Waals surface area contributed by atoms with Crippen molar-refractivity contribution < 1.29 is 17.9 Å². The van der Waals surface area contributed by atoms with Gasteiger partial charge in [0.05, 0.1) is 5.56 Å². The number of alkyl halides is 3. The molecule has 1 aromatic heterocycles. The number of nitrogens with zero attached hydrogens (tertiary/aromatic N) is 5. The number of benzene rings is 2. The summed E-state index contributed by atoms with van der Waals surface area (Å²) in [6.45, 7) is 5.55. The van der Waals surface area contributed by atoms with Crippen molar-refractivity contribution in [2.45, 2.75) is 38.0 Å². The maximum absolute atomic E-state index is 14.1. The summed E-state index contributed by atoms with van der Waals surface area (Å²) in [5.74, 6) is 1.16. The molecule has 40 heavy (non-hydrogen) atoms. The summed E-state index contributed by atoms with van der Waals surface area (Å²) in [5, 5.41) is 14.4. The van der Waals surface area contributed by atoms with Crippen LogP contribution in [0.3, 0.4) is 0 Å². The Morgan fingerprint density at radius 3 is 2.52 bits per heavy atom. The van der Waals surface area contributed by atoms with Gasteiger partial charge in [-0.1, -0.05) is 24.3 Å². The maximum atomic E-state index is 14.1. The summed E-state index contributed by atoms with van der Waals surface area (Å²) in [5.41, 5.74) is 2.06. The Morgan fingerprint density at radius 2 is 1.82 bits per heavy atom. The van der Waals surface area contributed by atoms with Gasteiger partial charge in [0.25, 0.3) is 0 Å². The highest BCUT2D eigenvalue weighted by molar-refractivity contribution is 5.97. The van der Waals surface area contributed by atoms with Crippen LogP contribution in [0.25, 0.3) is 10.8 Å². The van der Waals surface area contributed by atoms with E-state index in [-0.39, 0.29) is 11.4 Å². The van der Waals surface area contributed by atoms with Crippen LogP contribution in [-0.4, -0.2) is 68.8 Å². The van der Waals surface area contributed by atoms with Crippen molar-refractivity contribution in [2.75, 3.05) is 62.7 Å². The average molecular weight is 551 g/mol. The van der Waals surface area contributed by atoms with Crippen LogP contribution in [-0.2, 0) is 19.1 Å². The normalized spacial score (nSPS) is 20.0. The number of piperazine rings is 1. The standard InChI is InChI=1S/C30H33F3N6O/c1-37-13-4-7-21(37)19-40-29-23(17-34)24-18-39(14-10-22(24)28(36-29)38-15-11-35-12-16-38)26-9-3-6-20-5-2-8-25(27(20)26)30(31,32)33/h2-3,5-6,8-9,21,35H,4,7,10-16,18-19H2,1H3/t21-/m0/s1. The summed E-state index contributed by atoms with van der Waals surface area (Å²) in [6.07, 6.45) is -1.76. The molecule has 6 rings (SSSR count). The summed E-state index contributed by atoms with van der Waals surface area (Å²) in [7, 11) is 2.08. The fourth-order valence-corrected chi connectivity index (χ4v) is 6.34. The van der Waals surface area contributed by atoms with Gasteiger partial charge in [0.2, 0.25) is 5.88 Å². The number of likely N-dealkylation sites (N-methyl/N-ethyl adjacent to an activating group) is 1. The fraction of sp³-hybridized carbons (Fsp3) is 0.467. The molecular weight excluding hydrogens is 517 g/mol. The Morgan fingerprint density at radius 1 is 1.05 bits per heavy atom. The SMILES string of the molecule is CN1CCC[C@H]1COc1nc(N2CCNCC2)c2c(c1C#N)CN(c1cccc3cccc(C(F)(F)F)c13)CC2. The minimum absolute atomic E-state index is 0.191. The summed E-state index contributed by atoms with van der Waals surface area (Å²) in [6, 6.07) is 12.2. The number of hydrogen-bond donors (Lipinski definition) is 1. The second-order valence-electron chi connectivity index (χ2n) is 10.9. The largest absolute Gasteiger partial charge is 0.475 e. The lowest BCUT2D eigenvalue weighted by Gasteiger charge is -2.37. The zero-order valence-corrected chi connectivity index (χ0v) is 22.6. The lowest BCUT2D eigenvalue weighted by molar-refractivity contribution is -0.136. The summed E-state index contributed by atoms with van der Waals surface area (Å²) in [4.78, 5) is 11.4. The van der Waals surface area contributed by atoms with E-state index in [0.29, 0.717) is 48.6 Å². The van der Waals surface area contributed by atoms with E-state index in [1.54, 1.807) is 24.3 Å². The van der Waals surface area contributed by atoms with Crippen LogP contribution in [0.1, 0.15) is 35.1 Å². The molecule has 0 saturated carbocycles. The van der Waals surface area contributed by atoms with Crippen LogP contribution in [0.4, 0.5) is 24.7 Å². The molecule has 3 aliphatic rings. The molecule has 0 amide bonds. The van der Waals surface area contributed by atoms with E-state index < -0.39 is 11.7 Å². The second kappa shape index (κ2) is 10.8. The lowest BCUT2D eigenvalue weighted by Crippen LogP contribution is -2.45. The monoisotopic (exact) mass is 550 g/mol. The van der Waals surface area contributed by atoms with E-state index in [4.69, 9.17) is 9.72 Å². The van der Waals surface area contributed by atoms with Gasteiger partial charge in [-0.25, -0.2) is 0 Å². The molecule has 2 fully saturated rings. The van der Waals surface area contributed by atoms with Crippen molar-refractivity contribution >= 4 is 22.3 Å². The first-order chi connectivity index (χ1) is 19.3. The number of fused-ring (bicyclic) bond motifs is 2. The highest BCUT2D eigenvalue weighted by Crippen LogP contribution is 2.42. The molecule has 0 radical (unpaired) electrons. The Kier molecular flexibility index (Phi) is 7.19. The van der Waals surface area contributed by atoms with Crippen molar-refractivity contribution in [1.29, 1.82) is 5.26 Å². The number of aromatic nitrogens is 1. The minimum atomic E-state index is -4.48. The molecular formula is C30H33F3N6O. The number of anilines is 2. The van der Waals surface area contributed by atoms with Gasteiger partial charge >= 0.3 is 6.18 Å². The van der Waals surface area contributed by atoms with Crippen LogP contribution in [0, 0.1) is 11.3 Å². The third-order valence-corrected chi connectivity index (χ3v) is 8.48. The van der Waals surface area contributed by atoms with Crippen molar-refractivity contribution in [3.8, 4) is 11.9 Å². The Bertz CT molecular complexity index is 1440. The van der Waals surface area contributed by atoms with Gasteiger partial charge in [0.15, 0.2) is 0 Å². The quantitative estimate of drug-likeness (QED) is 0.499. The molecule has 0 unspecified atom stereocenters. The van der Waals surface area contributed by atoms with Gasteiger partial charge < -0.3 is 24.8 Å². The third-order valence-electron chi connectivity index (χ3n) is 8.48.